The molecule has 0 unspecified atom stereocenters. The summed E-state index contributed by atoms with van der Waals surface area (Å²) < 4.78 is 5.68. The molecular weight excluding hydrogens is 314 g/mol. The van der Waals surface area contributed by atoms with Crippen molar-refractivity contribution in [2.45, 2.75) is 18.9 Å². The highest BCUT2D eigenvalue weighted by Crippen LogP contribution is 2.29. The number of nitrogens with one attached hydrogen (secondary N) is 2. The van der Waals surface area contributed by atoms with Crippen LogP contribution in [0.1, 0.15) is 23.2 Å². The van der Waals surface area contributed by atoms with Crippen molar-refractivity contribution in [3.05, 3.63) is 53.3 Å². The van der Waals surface area contributed by atoms with Gasteiger partial charge in [0.05, 0.1) is 5.02 Å². The number of halogens is 1. The van der Waals surface area contributed by atoms with Gasteiger partial charge >= 0.3 is 0 Å². The number of carbonyl (C=O) groups is 1. The van der Waals surface area contributed by atoms with Crippen LogP contribution in [0.5, 0.6) is 11.5 Å². The Morgan fingerprint density at radius 3 is 2.65 bits per heavy atom. The Hall–Kier alpha value is -2.11. The third-order valence-electron chi connectivity index (χ3n) is 3.75. The zero-order valence-corrected chi connectivity index (χ0v) is 13.3. The van der Waals surface area contributed by atoms with E-state index in [2.05, 4.69) is 15.6 Å². The zero-order valence-electron chi connectivity index (χ0n) is 12.6. The molecule has 0 bridgehead atoms. The molecule has 1 aliphatic heterocycles. The summed E-state index contributed by atoms with van der Waals surface area (Å²) in [7, 11) is 0. The Morgan fingerprint density at radius 1 is 1.22 bits per heavy atom. The van der Waals surface area contributed by atoms with E-state index in [1.54, 1.807) is 42.7 Å². The van der Waals surface area contributed by atoms with Crippen molar-refractivity contribution in [1.82, 2.24) is 15.6 Å². The van der Waals surface area contributed by atoms with Crippen LogP contribution in [0.3, 0.4) is 0 Å². The maximum Gasteiger partial charge on any atom is 0.251 e. The van der Waals surface area contributed by atoms with E-state index in [1.165, 1.54) is 0 Å². The van der Waals surface area contributed by atoms with Gasteiger partial charge in [-0.25, -0.2) is 0 Å². The molecule has 1 amide bonds. The molecule has 5 nitrogen and oxygen atoms in total. The van der Waals surface area contributed by atoms with Gasteiger partial charge in [-0.2, -0.15) is 0 Å². The van der Waals surface area contributed by atoms with E-state index in [-0.39, 0.29) is 11.9 Å². The summed E-state index contributed by atoms with van der Waals surface area (Å²) in [5, 5.41) is 6.72. The third-order valence-corrected chi connectivity index (χ3v) is 4.04. The van der Waals surface area contributed by atoms with Crippen LogP contribution in [0.2, 0.25) is 5.02 Å². The summed E-state index contributed by atoms with van der Waals surface area (Å²) in [6.45, 7) is 1.87. The standard InChI is InChI=1S/C17H18ClN3O2/c18-15-11-12(17(22)21-13-3-7-19-8-4-13)1-2-16(15)23-14-5-9-20-10-6-14/h1-2,5-6,9-11,13,19H,3-4,7-8H2,(H,21,22). The summed E-state index contributed by atoms with van der Waals surface area (Å²) in [6, 6.07) is 8.77. The van der Waals surface area contributed by atoms with E-state index < -0.39 is 0 Å². The summed E-state index contributed by atoms with van der Waals surface area (Å²) >= 11 is 6.24. The van der Waals surface area contributed by atoms with E-state index in [0.717, 1.165) is 25.9 Å². The zero-order chi connectivity index (χ0) is 16.1. The molecule has 0 radical (unpaired) electrons. The lowest BCUT2D eigenvalue weighted by Crippen LogP contribution is -2.42. The summed E-state index contributed by atoms with van der Waals surface area (Å²) in [4.78, 5) is 16.2. The average Bonchev–Trinajstić information content (AvgIpc) is 2.58. The van der Waals surface area contributed by atoms with Crippen LogP contribution in [0.25, 0.3) is 0 Å². The molecule has 0 atom stereocenters. The molecule has 0 saturated carbocycles. The van der Waals surface area contributed by atoms with Gasteiger partial charge in [0, 0.05) is 24.0 Å². The number of ether oxygens (including phenoxy) is 1. The second-order valence-corrected chi connectivity index (χ2v) is 5.84. The Labute approximate surface area is 140 Å². The number of nitrogens with zero attached hydrogens (tertiary/aromatic N) is 1. The molecule has 2 N–H and O–H groups in total. The van der Waals surface area contributed by atoms with Crippen LogP contribution in [0.15, 0.2) is 42.7 Å². The summed E-state index contributed by atoms with van der Waals surface area (Å²) in [5.74, 6) is 1.05. The highest BCUT2D eigenvalue weighted by Gasteiger charge is 2.17. The van der Waals surface area contributed by atoms with Crippen LogP contribution in [-0.4, -0.2) is 30.0 Å². The van der Waals surface area contributed by atoms with Gasteiger partial charge in [-0.15, -0.1) is 0 Å². The molecule has 0 aliphatic carbocycles. The van der Waals surface area contributed by atoms with Crippen molar-refractivity contribution >= 4 is 17.5 Å². The minimum Gasteiger partial charge on any atom is -0.456 e. The van der Waals surface area contributed by atoms with Crippen LogP contribution >= 0.6 is 11.6 Å². The number of piperidine rings is 1. The first-order valence-corrected chi connectivity index (χ1v) is 7.99. The van der Waals surface area contributed by atoms with E-state index in [0.29, 0.717) is 22.1 Å². The number of rotatable bonds is 4. The summed E-state index contributed by atoms with van der Waals surface area (Å²) in [5.41, 5.74) is 0.538. The number of hydrogen-bond donors (Lipinski definition) is 2. The van der Waals surface area contributed by atoms with Crippen molar-refractivity contribution in [1.29, 1.82) is 0 Å². The second kappa shape index (κ2) is 7.44. The molecule has 2 aromatic rings. The van der Waals surface area contributed by atoms with Gasteiger partial charge in [0.2, 0.25) is 0 Å². The number of amides is 1. The SMILES string of the molecule is O=C(NC1CCNCC1)c1ccc(Oc2ccncc2)c(Cl)c1. The van der Waals surface area contributed by atoms with Crippen molar-refractivity contribution in [2.75, 3.05) is 13.1 Å². The first-order chi connectivity index (χ1) is 11.2. The predicted molar refractivity (Wildman–Crippen MR) is 89.1 cm³/mol. The van der Waals surface area contributed by atoms with Gasteiger partial charge in [0.15, 0.2) is 0 Å². The number of hydrogen-bond acceptors (Lipinski definition) is 4. The molecule has 120 valence electrons. The lowest BCUT2D eigenvalue weighted by molar-refractivity contribution is 0.0929. The minimum atomic E-state index is -0.103. The lowest BCUT2D eigenvalue weighted by atomic mass is 10.1. The third kappa shape index (κ3) is 4.21. The topological polar surface area (TPSA) is 63.2 Å². The van der Waals surface area contributed by atoms with Crippen LogP contribution in [-0.2, 0) is 0 Å². The summed E-state index contributed by atoms with van der Waals surface area (Å²) in [6.07, 6.45) is 5.18. The van der Waals surface area contributed by atoms with Crippen LogP contribution < -0.4 is 15.4 Å². The smallest absolute Gasteiger partial charge is 0.251 e. The fraction of sp³-hybridized carbons (Fsp3) is 0.294. The van der Waals surface area contributed by atoms with Crippen molar-refractivity contribution < 1.29 is 9.53 Å². The van der Waals surface area contributed by atoms with Crippen molar-refractivity contribution in [2.24, 2.45) is 0 Å². The first-order valence-electron chi connectivity index (χ1n) is 7.61. The normalized spacial score (nSPS) is 15.2. The van der Waals surface area contributed by atoms with Gasteiger partial charge in [0.1, 0.15) is 11.5 Å². The van der Waals surface area contributed by atoms with Gasteiger partial charge in [-0.1, -0.05) is 11.6 Å². The van der Waals surface area contributed by atoms with Crippen molar-refractivity contribution in [3.63, 3.8) is 0 Å². The maximum absolute atomic E-state index is 12.3. The Balaban J connectivity index is 1.67. The molecule has 1 saturated heterocycles. The second-order valence-electron chi connectivity index (χ2n) is 5.43. The number of carbonyl (C=O) groups excluding carboxylic acids is 1. The Bertz CT molecular complexity index is 673. The molecule has 2 heterocycles. The monoisotopic (exact) mass is 331 g/mol. The Morgan fingerprint density at radius 2 is 1.96 bits per heavy atom. The molecule has 1 aromatic heterocycles. The van der Waals surface area contributed by atoms with E-state index >= 15 is 0 Å². The molecule has 6 heteroatoms. The minimum absolute atomic E-state index is 0.103. The number of pyridine rings is 1. The highest BCUT2D eigenvalue weighted by atomic mass is 35.5. The molecule has 23 heavy (non-hydrogen) atoms. The fourth-order valence-corrected chi connectivity index (χ4v) is 2.71. The first kappa shape index (κ1) is 15.8. The van der Waals surface area contributed by atoms with Gasteiger partial charge in [0.25, 0.3) is 5.91 Å². The predicted octanol–water partition coefficient (Wildman–Crippen LogP) is 3.01. The molecule has 3 rings (SSSR count). The van der Waals surface area contributed by atoms with E-state index in [1.807, 2.05) is 0 Å². The lowest BCUT2D eigenvalue weighted by Gasteiger charge is -2.23. The van der Waals surface area contributed by atoms with Gasteiger partial charge in [-0.3, -0.25) is 9.78 Å². The average molecular weight is 332 g/mol. The van der Waals surface area contributed by atoms with Gasteiger partial charge in [-0.05, 0) is 56.3 Å². The van der Waals surface area contributed by atoms with E-state index in [9.17, 15) is 4.79 Å². The van der Waals surface area contributed by atoms with Crippen LogP contribution in [0.4, 0.5) is 0 Å². The molecule has 1 fully saturated rings. The molecule has 1 aromatic carbocycles. The highest BCUT2D eigenvalue weighted by molar-refractivity contribution is 6.32. The number of aromatic nitrogens is 1. The molecule has 0 spiro atoms. The molecule has 1 aliphatic rings. The quantitative estimate of drug-likeness (QED) is 0.904. The number of benzene rings is 1. The molecular formula is C17H18ClN3O2. The largest absolute Gasteiger partial charge is 0.456 e. The van der Waals surface area contributed by atoms with Crippen LogP contribution in [0, 0.1) is 0 Å². The fourth-order valence-electron chi connectivity index (χ4n) is 2.49. The maximum atomic E-state index is 12.3. The van der Waals surface area contributed by atoms with Gasteiger partial charge < -0.3 is 15.4 Å². The van der Waals surface area contributed by atoms with Crippen molar-refractivity contribution in [3.8, 4) is 11.5 Å². The Kier molecular flexibility index (Phi) is 5.10. The van der Waals surface area contributed by atoms with E-state index in [4.69, 9.17) is 16.3 Å².